The van der Waals surface area contributed by atoms with Gasteiger partial charge in [-0.25, -0.2) is 0 Å². The minimum absolute atomic E-state index is 0.00772. The molecule has 102 valence electrons. The first-order chi connectivity index (χ1) is 9.34. The highest BCUT2D eigenvalue weighted by Crippen LogP contribution is 2.19. The largest absolute Gasteiger partial charge is 0.440 e. The van der Waals surface area contributed by atoms with Crippen LogP contribution in [0.5, 0.6) is 0 Å². The highest BCUT2D eigenvalue weighted by atomic mass is 16.5. The van der Waals surface area contributed by atoms with Gasteiger partial charge in [0.2, 0.25) is 0 Å². The number of fused-ring (bicyclic) bond motifs is 1. The standard InChI is InChI=1S/C13H13NO3.C2H6/c15-11-9-13(14-5-7-16-8-6-14)17-12-4-2-1-3-10(11)12;1-2/h1-4,9H,5-8H2;1-2H3. The zero-order valence-corrected chi connectivity index (χ0v) is 11.4. The van der Waals surface area contributed by atoms with Crippen LogP contribution in [0.4, 0.5) is 5.88 Å². The van der Waals surface area contributed by atoms with Crippen molar-refractivity contribution in [2.75, 3.05) is 31.2 Å². The van der Waals surface area contributed by atoms with Gasteiger partial charge in [-0.05, 0) is 12.1 Å². The van der Waals surface area contributed by atoms with E-state index in [1.807, 2.05) is 36.9 Å². The van der Waals surface area contributed by atoms with Gasteiger partial charge in [0, 0.05) is 19.2 Å². The van der Waals surface area contributed by atoms with Gasteiger partial charge >= 0.3 is 0 Å². The Morgan fingerprint density at radius 3 is 2.53 bits per heavy atom. The van der Waals surface area contributed by atoms with Crippen LogP contribution in [-0.4, -0.2) is 26.3 Å². The summed E-state index contributed by atoms with van der Waals surface area (Å²) in [6.07, 6.45) is 0. The maximum absolute atomic E-state index is 11.9. The second kappa shape index (κ2) is 6.38. The molecule has 3 rings (SSSR count). The Labute approximate surface area is 112 Å². The van der Waals surface area contributed by atoms with Gasteiger partial charge in [-0.1, -0.05) is 26.0 Å². The third kappa shape index (κ3) is 2.96. The van der Waals surface area contributed by atoms with Crippen molar-refractivity contribution in [2.45, 2.75) is 13.8 Å². The minimum Gasteiger partial charge on any atom is -0.440 e. The van der Waals surface area contributed by atoms with Crippen molar-refractivity contribution >= 4 is 16.9 Å². The van der Waals surface area contributed by atoms with E-state index in [9.17, 15) is 4.79 Å². The number of hydrogen-bond donors (Lipinski definition) is 0. The van der Waals surface area contributed by atoms with E-state index in [-0.39, 0.29) is 5.43 Å². The Kier molecular flexibility index (Phi) is 4.58. The van der Waals surface area contributed by atoms with Crippen molar-refractivity contribution in [1.82, 2.24) is 0 Å². The summed E-state index contributed by atoms with van der Waals surface area (Å²) in [5, 5.41) is 0.629. The number of hydrogen-bond acceptors (Lipinski definition) is 4. The maximum Gasteiger partial charge on any atom is 0.200 e. The van der Waals surface area contributed by atoms with E-state index >= 15 is 0 Å². The van der Waals surface area contributed by atoms with E-state index in [2.05, 4.69) is 0 Å². The summed E-state index contributed by atoms with van der Waals surface area (Å²) < 4.78 is 11.0. The fourth-order valence-electron chi connectivity index (χ4n) is 2.03. The molecule has 1 aromatic heterocycles. The lowest BCUT2D eigenvalue weighted by atomic mass is 10.2. The molecule has 2 heterocycles. The molecule has 1 saturated heterocycles. The van der Waals surface area contributed by atoms with Crippen molar-refractivity contribution in [3.8, 4) is 0 Å². The molecule has 1 aliphatic rings. The first kappa shape index (κ1) is 13.6. The molecule has 0 unspecified atom stereocenters. The van der Waals surface area contributed by atoms with Crippen molar-refractivity contribution < 1.29 is 9.15 Å². The fraction of sp³-hybridized carbons (Fsp3) is 0.400. The molecule has 0 aliphatic carbocycles. The van der Waals surface area contributed by atoms with Gasteiger partial charge in [0.1, 0.15) is 5.58 Å². The summed E-state index contributed by atoms with van der Waals surface area (Å²) >= 11 is 0. The average molecular weight is 261 g/mol. The molecule has 4 heteroatoms. The van der Waals surface area contributed by atoms with Gasteiger partial charge in [-0.2, -0.15) is 0 Å². The smallest absolute Gasteiger partial charge is 0.200 e. The molecule has 0 radical (unpaired) electrons. The Bertz CT molecular complexity index is 585. The molecule has 0 atom stereocenters. The van der Waals surface area contributed by atoms with Crippen LogP contribution in [-0.2, 0) is 4.74 Å². The molecule has 2 aromatic rings. The van der Waals surface area contributed by atoms with E-state index in [4.69, 9.17) is 9.15 Å². The van der Waals surface area contributed by atoms with Crippen LogP contribution in [0.3, 0.4) is 0 Å². The predicted molar refractivity (Wildman–Crippen MR) is 76.9 cm³/mol. The van der Waals surface area contributed by atoms with Crippen LogP contribution in [0, 0.1) is 0 Å². The minimum atomic E-state index is 0.00772. The molecule has 0 bridgehead atoms. The molecule has 4 nitrogen and oxygen atoms in total. The number of benzene rings is 1. The number of morpholine rings is 1. The average Bonchev–Trinajstić information content (AvgIpc) is 2.50. The zero-order chi connectivity index (χ0) is 13.7. The lowest BCUT2D eigenvalue weighted by Gasteiger charge is -2.27. The third-order valence-corrected chi connectivity index (χ3v) is 2.94. The van der Waals surface area contributed by atoms with Crippen LogP contribution < -0.4 is 10.3 Å². The van der Waals surface area contributed by atoms with E-state index in [1.165, 1.54) is 0 Å². The Balaban J connectivity index is 0.000000637. The normalized spacial score (nSPS) is 14.9. The van der Waals surface area contributed by atoms with Gasteiger partial charge in [-0.3, -0.25) is 4.79 Å². The Hall–Kier alpha value is -1.81. The van der Waals surface area contributed by atoms with Crippen LogP contribution in [0.15, 0.2) is 39.5 Å². The number of anilines is 1. The van der Waals surface area contributed by atoms with Crippen molar-refractivity contribution in [1.29, 1.82) is 0 Å². The molecule has 1 aromatic carbocycles. The second-order valence-corrected chi connectivity index (χ2v) is 4.04. The van der Waals surface area contributed by atoms with Gasteiger partial charge < -0.3 is 14.1 Å². The van der Waals surface area contributed by atoms with Crippen molar-refractivity contribution in [3.05, 3.63) is 40.6 Å². The SMILES string of the molecule is CC.O=c1cc(N2CCOCC2)oc2ccccc12. The monoisotopic (exact) mass is 261 g/mol. The molecular weight excluding hydrogens is 242 g/mol. The first-order valence-electron chi connectivity index (χ1n) is 6.70. The maximum atomic E-state index is 11.9. The van der Waals surface area contributed by atoms with Crippen LogP contribution in [0.1, 0.15) is 13.8 Å². The molecule has 1 aliphatic heterocycles. The van der Waals surface area contributed by atoms with Crippen molar-refractivity contribution in [2.24, 2.45) is 0 Å². The quantitative estimate of drug-likeness (QED) is 0.791. The molecular formula is C15H19NO3. The summed E-state index contributed by atoms with van der Waals surface area (Å²) in [6, 6.07) is 8.88. The summed E-state index contributed by atoms with van der Waals surface area (Å²) in [6.45, 7) is 6.88. The van der Waals surface area contributed by atoms with Crippen LogP contribution in [0.25, 0.3) is 11.0 Å². The summed E-state index contributed by atoms with van der Waals surface area (Å²) in [7, 11) is 0. The molecule has 0 amide bonds. The molecule has 1 fully saturated rings. The Morgan fingerprint density at radius 2 is 1.79 bits per heavy atom. The highest BCUT2D eigenvalue weighted by Gasteiger charge is 2.14. The molecule has 0 spiro atoms. The number of rotatable bonds is 1. The number of nitrogens with zero attached hydrogens (tertiary/aromatic N) is 1. The zero-order valence-electron chi connectivity index (χ0n) is 11.4. The van der Waals surface area contributed by atoms with Crippen LogP contribution >= 0.6 is 0 Å². The molecule has 19 heavy (non-hydrogen) atoms. The van der Waals surface area contributed by atoms with E-state index in [1.54, 1.807) is 12.1 Å². The molecule has 0 saturated carbocycles. The first-order valence-corrected chi connectivity index (χ1v) is 6.70. The van der Waals surface area contributed by atoms with Gasteiger partial charge in [0.05, 0.1) is 18.6 Å². The second-order valence-electron chi connectivity index (χ2n) is 4.04. The third-order valence-electron chi connectivity index (χ3n) is 2.94. The van der Waals surface area contributed by atoms with Gasteiger partial charge in [-0.15, -0.1) is 0 Å². The van der Waals surface area contributed by atoms with Gasteiger partial charge in [0.15, 0.2) is 11.3 Å². The summed E-state index contributed by atoms with van der Waals surface area (Å²) in [5.74, 6) is 0.636. The van der Waals surface area contributed by atoms with E-state index < -0.39 is 0 Å². The lowest BCUT2D eigenvalue weighted by molar-refractivity contribution is 0.121. The Morgan fingerprint density at radius 1 is 1.11 bits per heavy atom. The van der Waals surface area contributed by atoms with E-state index in [0.29, 0.717) is 30.1 Å². The number of para-hydroxylation sites is 1. The van der Waals surface area contributed by atoms with Crippen molar-refractivity contribution in [3.63, 3.8) is 0 Å². The highest BCUT2D eigenvalue weighted by molar-refractivity contribution is 5.77. The topological polar surface area (TPSA) is 42.7 Å². The van der Waals surface area contributed by atoms with E-state index in [0.717, 1.165) is 13.1 Å². The van der Waals surface area contributed by atoms with Gasteiger partial charge in [0.25, 0.3) is 0 Å². The predicted octanol–water partition coefficient (Wildman–Crippen LogP) is 2.66. The summed E-state index contributed by atoms with van der Waals surface area (Å²) in [5.41, 5.74) is 0.648. The molecule has 0 N–H and O–H groups in total. The lowest BCUT2D eigenvalue weighted by Crippen LogP contribution is -2.36. The number of ether oxygens (including phenoxy) is 1. The fourth-order valence-corrected chi connectivity index (χ4v) is 2.03. The summed E-state index contributed by atoms with van der Waals surface area (Å²) in [4.78, 5) is 14.0. The van der Waals surface area contributed by atoms with Crippen LogP contribution in [0.2, 0.25) is 0 Å².